The van der Waals surface area contributed by atoms with Crippen molar-refractivity contribution >= 4 is 29.2 Å². The zero-order valence-corrected chi connectivity index (χ0v) is 14.0. The summed E-state index contributed by atoms with van der Waals surface area (Å²) < 4.78 is 18.3. The molecule has 1 aromatic carbocycles. The van der Waals surface area contributed by atoms with Gasteiger partial charge in [-0.15, -0.1) is 0 Å². The summed E-state index contributed by atoms with van der Waals surface area (Å²) in [4.78, 5) is 15.8. The van der Waals surface area contributed by atoms with Crippen LogP contribution < -0.4 is 0 Å². The Bertz CT molecular complexity index is 754. The van der Waals surface area contributed by atoms with E-state index in [1.807, 2.05) is 0 Å². The van der Waals surface area contributed by atoms with Crippen molar-refractivity contribution in [1.29, 1.82) is 0 Å². The number of halogens is 3. The highest BCUT2D eigenvalue weighted by Gasteiger charge is 2.36. The number of benzene rings is 1. The van der Waals surface area contributed by atoms with E-state index < -0.39 is 17.2 Å². The van der Waals surface area contributed by atoms with Crippen LogP contribution in [0.1, 0.15) is 12.5 Å². The zero-order chi connectivity index (χ0) is 17.2. The number of hydrogen-bond acceptors (Lipinski definition) is 3. The third-order valence-electron chi connectivity index (χ3n) is 3.55. The van der Waals surface area contributed by atoms with Gasteiger partial charge in [-0.3, -0.25) is 4.79 Å². The molecule has 1 unspecified atom stereocenters. The molecule has 1 heterocycles. The molecular formula is C16H14Cl2FNO3. The van der Waals surface area contributed by atoms with Gasteiger partial charge in [0, 0.05) is 12.7 Å². The Morgan fingerprint density at radius 2 is 2.04 bits per heavy atom. The summed E-state index contributed by atoms with van der Waals surface area (Å²) >= 11 is 11.8. The van der Waals surface area contributed by atoms with Gasteiger partial charge in [-0.1, -0.05) is 23.2 Å². The summed E-state index contributed by atoms with van der Waals surface area (Å²) in [6.45, 7) is 1.50. The van der Waals surface area contributed by atoms with Crippen LogP contribution in [0, 0.1) is 5.82 Å². The molecule has 2 aromatic rings. The van der Waals surface area contributed by atoms with E-state index >= 15 is 0 Å². The molecule has 0 aliphatic heterocycles. The second-order valence-electron chi connectivity index (χ2n) is 5.26. The van der Waals surface area contributed by atoms with Gasteiger partial charge in [-0.05, 0) is 42.8 Å². The summed E-state index contributed by atoms with van der Waals surface area (Å²) in [6.07, 6.45) is 0. The van der Waals surface area contributed by atoms with Crippen LogP contribution in [0.15, 0.2) is 30.3 Å². The molecule has 1 aromatic heterocycles. The van der Waals surface area contributed by atoms with Crippen molar-refractivity contribution in [3.8, 4) is 11.3 Å². The molecule has 0 radical (unpaired) electrons. The molecule has 0 amide bonds. The molecule has 7 heteroatoms. The molecule has 0 bridgehead atoms. The first-order valence-electron chi connectivity index (χ1n) is 6.64. The topological polar surface area (TPSA) is 59.4 Å². The summed E-state index contributed by atoms with van der Waals surface area (Å²) in [5.74, 6) is -1.60. The first-order valence-corrected chi connectivity index (χ1v) is 7.39. The minimum absolute atomic E-state index is 0.0354. The lowest BCUT2D eigenvalue weighted by atomic mass is 9.83. The van der Waals surface area contributed by atoms with Gasteiger partial charge >= 0.3 is 5.97 Å². The second-order valence-corrected chi connectivity index (χ2v) is 6.06. The van der Waals surface area contributed by atoms with Gasteiger partial charge in [0.15, 0.2) is 0 Å². The lowest BCUT2D eigenvalue weighted by molar-refractivity contribution is -0.145. The van der Waals surface area contributed by atoms with Crippen LogP contribution in [0.3, 0.4) is 0 Å². The number of methoxy groups -OCH3 is 1. The number of carboxylic acids is 1. The van der Waals surface area contributed by atoms with E-state index in [1.54, 1.807) is 6.07 Å². The summed E-state index contributed by atoms with van der Waals surface area (Å²) in [5.41, 5.74) is 0.0745. The van der Waals surface area contributed by atoms with Crippen LogP contribution in [0.4, 0.5) is 4.39 Å². The highest BCUT2D eigenvalue weighted by atomic mass is 35.5. The highest BCUT2D eigenvalue weighted by Crippen LogP contribution is 2.31. The normalized spacial score (nSPS) is 13.6. The fraction of sp³-hybridized carbons (Fsp3) is 0.250. The summed E-state index contributed by atoms with van der Waals surface area (Å²) in [5, 5.41) is 9.61. The number of aliphatic carboxylic acids is 1. The summed E-state index contributed by atoms with van der Waals surface area (Å²) in [6, 6.07) is 7.18. The molecule has 0 aliphatic carbocycles. The molecule has 1 atom stereocenters. The molecule has 2 rings (SSSR count). The largest absolute Gasteiger partial charge is 0.481 e. The first kappa shape index (κ1) is 17.7. The molecule has 23 heavy (non-hydrogen) atoms. The molecule has 4 nitrogen and oxygen atoms in total. The smallest absolute Gasteiger partial charge is 0.316 e. The maximum absolute atomic E-state index is 13.3. The maximum Gasteiger partial charge on any atom is 0.316 e. The van der Waals surface area contributed by atoms with Crippen molar-refractivity contribution in [2.24, 2.45) is 0 Å². The quantitative estimate of drug-likeness (QED) is 0.815. The number of nitrogens with zero attached hydrogens (tertiary/aromatic N) is 1. The minimum atomic E-state index is -1.29. The van der Waals surface area contributed by atoms with Gasteiger partial charge in [0.05, 0.1) is 17.3 Å². The van der Waals surface area contributed by atoms with Crippen LogP contribution in [-0.4, -0.2) is 29.8 Å². The van der Waals surface area contributed by atoms with Gasteiger partial charge in [0.25, 0.3) is 0 Å². The monoisotopic (exact) mass is 357 g/mol. The molecular weight excluding hydrogens is 344 g/mol. The third kappa shape index (κ3) is 3.63. The first-order chi connectivity index (χ1) is 10.8. The molecule has 0 aliphatic rings. The van der Waals surface area contributed by atoms with E-state index in [0.29, 0.717) is 16.8 Å². The molecule has 1 N–H and O–H groups in total. The molecule has 0 saturated heterocycles. The second kappa shape index (κ2) is 6.83. The zero-order valence-electron chi connectivity index (χ0n) is 12.4. The van der Waals surface area contributed by atoms with Gasteiger partial charge in [-0.2, -0.15) is 0 Å². The predicted molar refractivity (Wildman–Crippen MR) is 86.5 cm³/mol. The van der Waals surface area contributed by atoms with Gasteiger partial charge < -0.3 is 9.84 Å². The lowest BCUT2D eigenvalue weighted by Gasteiger charge is -2.25. The highest BCUT2D eigenvalue weighted by molar-refractivity contribution is 6.31. The van der Waals surface area contributed by atoms with Crippen LogP contribution in [0.25, 0.3) is 11.3 Å². The third-order valence-corrected chi connectivity index (χ3v) is 4.03. The number of ether oxygens (including phenoxy) is 1. The lowest BCUT2D eigenvalue weighted by Crippen LogP contribution is -2.37. The number of aromatic nitrogens is 1. The van der Waals surface area contributed by atoms with Gasteiger partial charge in [-0.25, -0.2) is 9.37 Å². The van der Waals surface area contributed by atoms with Gasteiger partial charge in [0.1, 0.15) is 16.4 Å². The van der Waals surface area contributed by atoms with Crippen LogP contribution in [0.2, 0.25) is 10.2 Å². The number of carbonyl (C=O) groups is 1. The number of carboxylic acid groups (broad SMARTS) is 1. The summed E-state index contributed by atoms with van der Waals surface area (Å²) in [7, 11) is 1.42. The van der Waals surface area contributed by atoms with E-state index in [0.717, 1.165) is 0 Å². The van der Waals surface area contributed by atoms with E-state index in [2.05, 4.69) is 4.98 Å². The van der Waals surface area contributed by atoms with E-state index in [1.165, 1.54) is 38.3 Å². The Morgan fingerprint density at radius 3 is 2.61 bits per heavy atom. The Labute approximate surface area is 142 Å². The Hall–Kier alpha value is -1.69. The fourth-order valence-corrected chi connectivity index (χ4v) is 2.57. The van der Waals surface area contributed by atoms with Crippen molar-refractivity contribution in [1.82, 2.24) is 4.98 Å². The molecule has 0 saturated carbocycles. The predicted octanol–water partition coefficient (Wildman–Crippen LogP) is 4.18. The maximum atomic E-state index is 13.3. The number of pyridine rings is 1. The van der Waals surface area contributed by atoms with Crippen molar-refractivity contribution in [2.75, 3.05) is 13.7 Å². The standard InChI is InChI=1S/C16H14Cl2FNO3/c1-16(8-23-2,15(21)22)10-6-13(20-14(18)7-10)9-3-4-12(19)11(17)5-9/h3-7H,8H2,1-2H3,(H,21,22). The van der Waals surface area contributed by atoms with E-state index in [-0.39, 0.29) is 16.8 Å². The van der Waals surface area contributed by atoms with Crippen molar-refractivity contribution in [2.45, 2.75) is 12.3 Å². The minimum Gasteiger partial charge on any atom is -0.481 e. The molecule has 0 fully saturated rings. The fourth-order valence-electron chi connectivity index (χ4n) is 2.18. The SMILES string of the molecule is COCC(C)(C(=O)O)c1cc(Cl)nc(-c2ccc(F)c(Cl)c2)c1. The van der Waals surface area contributed by atoms with Crippen LogP contribution >= 0.6 is 23.2 Å². The average Bonchev–Trinajstić information content (AvgIpc) is 2.49. The van der Waals surface area contributed by atoms with Gasteiger partial charge in [0.2, 0.25) is 0 Å². The van der Waals surface area contributed by atoms with Crippen LogP contribution in [0.5, 0.6) is 0 Å². The Kier molecular flexibility index (Phi) is 5.24. The van der Waals surface area contributed by atoms with Crippen molar-refractivity contribution in [3.63, 3.8) is 0 Å². The Balaban J connectivity index is 2.58. The van der Waals surface area contributed by atoms with Crippen LogP contribution in [-0.2, 0) is 14.9 Å². The number of hydrogen-bond donors (Lipinski definition) is 1. The Morgan fingerprint density at radius 1 is 1.35 bits per heavy atom. The van der Waals surface area contributed by atoms with E-state index in [4.69, 9.17) is 27.9 Å². The van der Waals surface area contributed by atoms with Crippen molar-refractivity contribution in [3.05, 3.63) is 51.9 Å². The van der Waals surface area contributed by atoms with Crippen molar-refractivity contribution < 1.29 is 19.0 Å². The number of rotatable bonds is 5. The molecule has 0 spiro atoms. The van der Waals surface area contributed by atoms with E-state index in [9.17, 15) is 14.3 Å². The average molecular weight is 358 g/mol. The molecule has 122 valence electrons.